The average Bonchev–Trinajstić information content (AvgIpc) is 3.81. The molecule has 2 aliphatic rings. The maximum atomic E-state index is 8.38. The number of hydrogen-bond acceptors (Lipinski definition) is 8. The number of rotatable bonds is 1. The molecule has 2 aliphatic heterocycles. The Morgan fingerprint density at radius 2 is 0.638 bits per heavy atom. The van der Waals surface area contributed by atoms with E-state index in [4.69, 9.17) is 50.1 Å². The van der Waals surface area contributed by atoms with E-state index in [1.807, 2.05) is 97.1 Å². The van der Waals surface area contributed by atoms with E-state index in [0.29, 0.717) is 45.9 Å². The molecule has 228 valence electrons. The summed E-state index contributed by atoms with van der Waals surface area (Å²) in [7, 11) is 0. The zero-order chi connectivity index (χ0) is 31.4. The van der Waals surface area contributed by atoms with Gasteiger partial charge in [-0.3, -0.25) is 0 Å². The number of fused-ring (bicyclic) bond motifs is 20. The Kier molecular flexibility index (Phi) is 7.95. The molecule has 0 amide bonds. The van der Waals surface area contributed by atoms with Crippen LogP contribution in [0.4, 0.5) is 0 Å². The second kappa shape index (κ2) is 12.2. The summed E-state index contributed by atoms with van der Waals surface area (Å²) in [5.41, 5.74) is 5.78. The smallest absolute Gasteiger partial charge is 0.0927 e. The van der Waals surface area contributed by atoms with Crippen molar-refractivity contribution in [1.29, 1.82) is 0 Å². The first kappa shape index (κ1) is 30.5. The molecule has 5 heterocycles. The summed E-state index contributed by atoms with van der Waals surface area (Å²) in [5, 5.41) is 20.3. The van der Waals surface area contributed by atoms with Crippen molar-refractivity contribution in [2.75, 3.05) is 0 Å². The van der Waals surface area contributed by atoms with Gasteiger partial charge in [-0.05, 0) is 35.4 Å². The minimum atomic E-state index is -0.593. The second-order valence-corrected chi connectivity index (χ2v) is 11.1. The third kappa shape index (κ3) is 5.41. The number of aliphatic hydroxyl groups excluding tert-OH is 2. The van der Waals surface area contributed by atoms with E-state index in [1.165, 1.54) is 0 Å². The summed E-state index contributed by atoms with van der Waals surface area (Å²) in [6.07, 6.45) is -1.19. The van der Waals surface area contributed by atoms with Gasteiger partial charge in [0, 0.05) is 66.6 Å². The monoisotopic (exact) mass is 650 g/mol. The van der Waals surface area contributed by atoms with Gasteiger partial charge in [0.15, 0.2) is 0 Å². The maximum Gasteiger partial charge on any atom is 0.0927 e. The molecule has 4 aromatic carbocycles. The normalized spacial score (nSPS) is 12.8. The summed E-state index contributed by atoms with van der Waals surface area (Å²) in [5.74, 6) is 2.21. The van der Waals surface area contributed by atoms with Gasteiger partial charge in [-0.15, -0.1) is 0 Å². The van der Waals surface area contributed by atoms with Gasteiger partial charge in [-0.25, -0.2) is 9.97 Å². The molecular formula is C36H26N8O2Ti-2. The fraction of sp³-hybridized carbons (Fsp3) is 0.111. The van der Waals surface area contributed by atoms with Crippen LogP contribution >= 0.6 is 0 Å². The molecule has 47 heavy (non-hydrogen) atoms. The molecule has 2 atom stereocenters. The third-order valence-electron chi connectivity index (χ3n) is 8.03. The Labute approximate surface area is 283 Å². The van der Waals surface area contributed by atoms with E-state index in [9.17, 15) is 0 Å². The van der Waals surface area contributed by atoms with Gasteiger partial charge in [0.2, 0.25) is 0 Å². The molecule has 0 fully saturated rings. The van der Waals surface area contributed by atoms with E-state index < -0.39 is 12.2 Å². The Morgan fingerprint density at radius 1 is 0.404 bits per heavy atom. The predicted molar refractivity (Wildman–Crippen MR) is 177 cm³/mol. The Bertz CT molecular complexity index is 2140. The number of nitrogens with zero attached hydrogens (tertiary/aromatic N) is 8. The number of aliphatic hydroxyl groups is 2. The van der Waals surface area contributed by atoms with Crippen molar-refractivity contribution in [1.82, 2.24) is 39.9 Å². The largest absolute Gasteiger partial charge is 0.391 e. The van der Waals surface area contributed by atoms with Crippen molar-refractivity contribution in [3.8, 4) is 45.6 Å². The van der Waals surface area contributed by atoms with Crippen LogP contribution < -0.4 is 9.97 Å². The van der Waals surface area contributed by atoms with Crippen molar-refractivity contribution in [3.63, 3.8) is 0 Å². The molecule has 0 aliphatic carbocycles. The molecule has 11 heteroatoms. The first-order chi connectivity index (χ1) is 22.4. The second-order valence-electron chi connectivity index (χ2n) is 11.1. The summed E-state index contributed by atoms with van der Waals surface area (Å²) < 4.78 is 0. The summed E-state index contributed by atoms with van der Waals surface area (Å²) in [4.78, 5) is 39.3. The van der Waals surface area contributed by atoms with Crippen LogP contribution in [0.5, 0.6) is 0 Å². The molecule has 3 aromatic heterocycles. The van der Waals surface area contributed by atoms with Crippen molar-refractivity contribution in [3.05, 3.63) is 97.1 Å². The van der Waals surface area contributed by atoms with Gasteiger partial charge in [0.05, 0.1) is 35.5 Å². The van der Waals surface area contributed by atoms with Crippen LogP contribution in [-0.2, 0) is 21.7 Å². The molecule has 0 saturated carbocycles. The third-order valence-corrected chi connectivity index (χ3v) is 8.03. The van der Waals surface area contributed by atoms with Crippen LogP contribution in [-0.4, -0.2) is 52.3 Å². The van der Waals surface area contributed by atoms with Crippen LogP contribution in [0.25, 0.3) is 89.7 Å². The zero-order valence-electron chi connectivity index (χ0n) is 25.4. The molecule has 2 N–H and O–H groups in total. The molecule has 9 rings (SSSR count). The Morgan fingerprint density at radius 3 is 0.872 bits per heavy atom. The predicted octanol–water partition coefficient (Wildman–Crippen LogP) is 5.87. The number of benzene rings is 4. The van der Waals surface area contributed by atoms with E-state index in [1.54, 1.807) is 13.8 Å². The minimum Gasteiger partial charge on any atom is -0.391 e. The molecule has 0 radical (unpaired) electrons. The maximum absolute atomic E-state index is 8.38. The summed E-state index contributed by atoms with van der Waals surface area (Å²) in [6.45, 7) is 3.09. The molecule has 7 aromatic rings. The van der Waals surface area contributed by atoms with Gasteiger partial charge in [0.25, 0.3) is 0 Å². The van der Waals surface area contributed by atoms with E-state index in [-0.39, 0.29) is 21.7 Å². The molecule has 10 nitrogen and oxygen atoms in total. The van der Waals surface area contributed by atoms with Crippen LogP contribution in [0, 0.1) is 0 Å². The molecular weight excluding hydrogens is 624 g/mol. The van der Waals surface area contributed by atoms with E-state index in [0.717, 1.165) is 43.8 Å². The zero-order valence-corrected chi connectivity index (χ0v) is 26.9. The van der Waals surface area contributed by atoms with Crippen molar-refractivity contribution >= 4 is 44.1 Å². The van der Waals surface area contributed by atoms with Crippen LogP contribution in [0.1, 0.15) is 13.8 Å². The van der Waals surface area contributed by atoms with Crippen LogP contribution in [0.15, 0.2) is 97.1 Å². The van der Waals surface area contributed by atoms with Crippen LogP contribution in [0.3, 0.4) is 0 Å². The topological polar surface area (TPSA) is 146 Å². The van der Waals surface area contributed by atoms with Crippen molar-refractivity contribution in [2.24, 2.45) is 0 Å². The average molecular weight is 651 g/mol. The molecule has 0 unspecified atom stereocenters. The number of aromatic nitrogens is 8. The van der Waals surface area contributed by atoms with Gasteiger partial charge >= 0.3 is 0 Å². The molecule has 0 spiro atoms. The first-order valence-electron chi connectivity index (χ1n) is 14.9. The van der Waals surface area contributed by atoms with Gasteiger partial charge in [-0.1, -0.05) is 97.1 Å². The fourth-order valence-corrected chi connectivity index (χ4v) is 5.46. The van der Waals surface area contributed by atoms with Crippen molar-refractivity contribution < 1.29 is 31.9 Å². The first-order valence-corrected chi connectivity index (χ1v) is 14.9. The standard InChI is InChI=1S/C32H16N8.C4H10O2.Ti/c1-2-10-18-17(9-1)25-33-26(18)38-28-21-13-5-6-14-22(21)30(35-28)40-32-24-16-8-7-15-23(24)31(36-32)39-29-20-12-4-3-11-19(20)27(34-29)37-25;1-3(5)4(2)6;/h1-16H;3-6H,1-2H3;/q-2;;/t;3-,4+;. The summed E-state index contributed by atoms with van der Waals surface area (Å²) >= 11 is 0. The van der Waals surface area contributed by atoms with Gasteiger partial charge < -0.3 is 40.1 Å². The fourth-order valence-electron chi connectivity index (χ4n) is 5.46. The summed E-state index contributed by atoms with van der Waals surface area (Å²) in [6, 6.07) is 31.8. The Balaban J connectivity index is 0.000000462. The minimum absolute atomic E-state index is 0. The Hall–Kier alpha value is -5.13. The van der Waals surface area contributed by atoms with Gasteiger partial charge in [-0.2, -0.15) is 0 Å². The molecule has 8 bridgehead atoms. The van der Waals surface area contributed by atoms with Gasteiger partial charge in [0.1, 0.15) is 0 Å². The quantitative estimate of drug-likeness (QED) is 0.207. The van der Waals surface area contributed by atoms with Crippen molar-refractivity contribution in [2.45, 2.75) is 26.1 Å². The molecule has 0 saturated heterocycles. The van der Waals surface area contributed by atoms with Crippen LogP contribution in [0.2, 0.25) is 0 Å². The van der Waals surface area contributed by atoms with E-state index in [2.05, 4.69) is 0 Å². The SMILES string of the molecule is C[C@H](O)[C@@H](C)O.[Ti].c1ccc2c(c1)-c1nc-2nc2[n-]c(nc3nc(nc4[n-]c(n1)c1ccccc41)-c1ccccc1-3)c1ccccc21. The number of hydrogen-bond donors (Lipinski definition) is 2. The van der Waals surface area contributed by atoms with E-state index >= 15 is 0 Å².